The Kier molecular flexibility index (Phi) is 4.82. The summed E-state index contributed by atoms with van der Waals surface area (Å²) in [5.41, 5.74) is 0. The molecule has 1 saturated heterocycles. The van der Waals surface area contributed by atoms with Crippen LogP contribution in [-0.2, 0) is 4.79 Å². The second-order valence-corrected chi connectivity index (χ2v) is 2.91. The van der Waals surface area contributed by atoms with Gasteiger partial charge in [0.15, 0.2) is 0 Å². The summed E-state index contributed by atoms with van der Waals surface area (Å²) in [6, 6.07) is 0.421. The van der Waals surface area contributed by atoms with Crippen LogP contribution in [0.1, 0.15) is 6.92 Å². The molecule has 7 heteroatoms. The molecule has 0 aliphatic carbocycles. The Bertz CT molecular complexity index is 193. The maximum absolute atomic E-state index is 11.6. The summed E-state index contributed by atoms with van der Waals surface area (Å²) in [6.07, 6.45) is -5.08. The van der Waals surface area contributed by atoms with Crippen molar-refractivity contribution in [3.63, 3.8) is 0 Å². The quantitative estimate of drug-likeness (QED) is 0.649. The number of carbonyl (C=O) groups is 1. The number of hydrogen-bond acceptors (Lipinski definition) is 2. The van der Waals surface area contributed by atoms with E-state index in [9.17, 15) is 17.6 Å². The van der Waals surface area contributed by atoms with Crippen LogP contribution in [0.15, 0.2) is 0 Å². The van der Waals surface area contributed by atoms with Gasteiger partial charge in [0.25, 0.3) is 0 Å². The molecular formula is C7H11F4NO2. The zero-order valence-corrected chi connectivity index (χ0v) is 7.44. The molecule has 0 radical (unpaired) electrons. The van der Waals surface area contributed by atoms with Crippen molar-refractivity contribution in [2.24, 2.45) is 5.92 Å². The smallest absolute Gasteiger partial charge is 0.475 e. The first-order chi connectivity index (χ1) is 6.29. The number of alkyl halides is 4. The van der Waals surface area contributed by atoms with Gasteiger partial charge in [-0.05, 0) is 6.92 Å². The van der Waals surface area contributed by atoms with Gasteiger partial charge in [0.1, 0.15) is 0 Å². The lowest BCUT2D eigenvalue weighted by Gasteiger charge is -2.32. The van der Waals surface area contributed by atoms with Crippen LogP contribution >= 0.6 is 0 Å². The highest BCUT2D eigenvalue weighted by Gasteiger charge is 2.38. The molecule has 1 rings (SSSR count). The van der Waals surface area contributed by atoms with E-state index in [1.54, 1.807) is 0 Å². The number of halogens is 4. The largest absolute Gasteiger partial charge is 0.490 e. The van der Waals surface area contributed by atoms with E-state index >= 15 is 0 Å². The molecule has 2 N–H and O–H groups in total. The lowest BCUT2D eigenvalue weighted by molar-refractivity contribution is -0.192. The minimum Gasteiger partial charge on any atom is -0.475 e. The lowest BCUT2D eigenvalue weighted by Crippen LogP contribution is -2.51. The summed E-state index contributed by atoms with van der Waals surface area (Å²) < 4.78 is 43.4. The summed E-state index contributed by atoms with van der Waals surface area (Å²) in [7, 11) is 0. The zero-order valence-electron chi connectivity index (χ0n) is 7.44. The highest BCUT2D eigenvalue weighted by atomic mass is 19.4. The van der Waals surface area contributed by atoms with E-state index in [0.29, 0.717) is 12.0 Å². The van der Waals surface area contributed by atoms with Crippen molar-refractivity contribution in [2.45, 2.75) is 19.1 Å². The summed E-state index contributed by atoms with van der Waals surface area (Å²) in [4.78, 5) is 8.90. The number of rotatable bonds is 1. The minimum absolute atomic E-state index is 0.159. The van der Waals surface area contributed by atoms with Crippen LogP contribution in [-0.4, -0.2) is 36.5 Å². The van der Waals surface area contributed by atoms with Crippen molar-refractivity contribution in [1.29, 1.82) is 0 Å². The average Bonchev–Trinajstić information content (AvgIpc) is 2.02. The van der Waals surface area contributed by atoms with Gasteiger partial charge in [0.05, 0.1) is 6.67 Å². The third-order valence-electron chi connectivity index (χ3n) is 1.85. The van der Waals surface area contributed by atoms with E-state index in [0.717, 1.165) is 6.54 Å². The first-order valence-corrected chi connectivity index (χ1v) is 3.88. The van der Waals surface area contributed by atoms with Crippen LogP contribution < -0.4 is 5.32 Å². The average molecular weight is 217 g/mol. The monoisotopic (exact) mass is 217 g/mol. The predicted molar refractivity (Wildman–Crippen MR) is 40.6 cm³/mol. The van der Waals surface area contributed by atoms with Crippen LogP contribution in [0, 0.1) is 5.92 Å². The predicted octanol–water partition coefficient (Wildman–Crippen LogP) is 1.20. The molecule has 0 spiro atoms. The van der Waals surface area contributed by atoms with E-state index in [1.807, 2.05) is 6.92 Å². The molecule has 1 aliphatic heterocycles. The van der Waals surface area contributed by atoms with Crippen molar-refractivity contribution in [1.82, 2.24) is 5.32 Å². The second kappa shape index (κ2) is 5.14. The molecule has 2 atom stereocenters. The van der Waals surface area contributed by atoms with Gasteiger partial charge in [-0.15, -0.1) is 0 Å². The molecule has 0 saturated carbocycles. The summed E-state index contributed by atoms with van der Waals surface area (Å²) in [5.74, 6) is -2.45. The van der Waals surface area contributed by atoms with Crippen molar-refractivity contribution in [3.8, 4) is 0 Å². The second-order valence-electron chi connectivity index (χ2n) is 2.91. The maximum atomic E-state index is 11.6. The Morgan fingerprint density at radius 2 is 2.00 bits per heavy atom. The van der Waals surface area contributed by atoms with Gasteiger partial charge in [0.2, 0.25) is 0 Å². The van der Waals surface area contributed by atoms with E-state index < -0.39 is 12.1 Å². The first-order valence-electron chi connectivity index (χ1n) is 3.88. The SMILES string of the molecule is C[C@@H]1NC[C@@H]1CF.O=C(O)C(F)(F)F. The molecule has 0 aromatic heterocycles. The number of carboxylic acids is 1. The van der Waals surface area contributed by atoms with Crippen molar-refractivity contribution < 1.29 is 27.5 Å². The van der Waals surface area contributed by atoms with Gasteiger partial charge in [0, 0.05) is 18.5 Å². The molecule has 0 aromatic carbocycles. The summed E-state index contributed by atoms with van der Waals surface area (Å²) >= 11 is 0. The molecule has 0 bridgehead atoms. The van der Waals surface area contributed by atoms with E-state index in [-0.39, 0.29) is 6.67 Å². The van der Waals surface area contributed by atoms with Crippen LogP contribution in [0.3, 0.4) is 0 Å². The van der Waals surface area contributed by atoms with Gasteiger partial charge in [-0.2, -0.15) is 13.2 Å². The molecule has 3 nitrogen and oxygen atoms in total. The molecule has 14 heavy (non-hydrogen) atoms. The topological polar surface area (TPSA) is 49.3 Å². The first kappa shape index (κ1) is 13.2. The highest BCUT2D eigenvalue weighted by molar-refractivity contribution is 5.73. The molecule has 1 heterocycles. The molecule has 0 amide bonds. The normalized spacial score (nSPS) is 25.8. The van der Waals surface area contributed by atoms with Crippen LogP contribution in [0.25, 0.3) is 0 Å². The Labute approximate surface area is 78.1 Å². The van der Waals surface area contributed by atoms with E-state index in [1.165, 1.54) is 0 Å². The Balaban J connectivity index is 0.000000241. The van der Waals surface area contributed by atoms with Crippen molar-refractivity contribution in [2.75, 3.05) is 13.2 Å². The van der Waals surface area contributed by atoms with Crippen molar-refractivity contribution in [3.05, 3.63) is 0 Å². The third kappa shape index (κ3) is 4.40. The standard InChI is InChI=1S/C5H10FN.C2HF3O2/c1-4-5(2-6)3-7-4;3-2(4,5)1(6)7/h4-5,7H,2-3H2,1H3;(H,6,7)/t4-,5-;/m0./s1. The van der Waals surface area contributed by atoms with E-state index in [4.69, 9.17) is 9.90 Å². The number of hydrogen-bond donors (Lipinski definition) is 2. The minimum atomic E-state index is -5.08. The number of nitrogens with one attached hydrogen (secondary N) is 1. The van der Waals surface area contributed by atoms with Crippen molar-refractivity contribution >= 4 is 5.97 Å². The Morgan fingerprint density at radius 1 is 1.57 bits per heavy atom. The molecular weight excluding hydrogens is 206 g/mol. The van der Waals surface area contributed by atoms with Gasteiger partial charge >= 0.3 is 12.1 Å². The van der Waals surface area contributed by atoms with Gasteiger partial charge < -0.3 is 10.4 Å². The number of aliphatic carboxylic acids is 1. The maximum Gasteiger partial charge on any atom is 0.490 e. The van der Waals surface area contributed by atoms with Crippen LogP contribution in [0.4, 0.5) is 17.6 Å². The zero-order chi connectivity index (χ0) is 11.4. The molecule has 1 aliphatic rings. The Hall–Kier alpha value is -0.850. The fourth-order valence-electron chi connectivity index (χ4n) is 0.708. The fraction of sp³-hybridized carbons (Fsp3) is 0.857. The van der Waals surface area contributed by atoms with E-state index in [2.05, 4.69) is 5.32 Å². The molecule has 0 aromatic rings. The van der Waals surface area contributed by atoms with Gasteiger partial charge in [-0.1, -0.05) is 0 Å². The van der Waals surface area contributed by atoms with Gasteiger partial charge in [-0.3, -0.25) is 4.39 Å². The molecule has 1 fully saturated rings. The highest BCUT2D eigenvalue weighted by Crippen LogP contribution is 2.13. The lowest BCUT2D eigenvalue weighted by atomic mass is 9.95. The fourth-order valence-corrected chi connectivity index (χ4v) is 0.708. The van der Waals surface area contributed by atoms with Crippen LogP contribution in [0.2, 0.25) is 0 Å². The molecule has 84 valence electrons. The summed E-state index contributed by atoms with van der Waals surface area (Å²) in [5, 5.41) is 10.2. The van der Waals surface area contributed by atoms with Crippen LogP contribution in [0.5, 0.6) is 0 Å². The molecule has 0 unspecified atom stereocenters. The Morgan fingerprint density at radius 3 is 2.00 bits per heavy atom. The van der Waals surface area contributed by atoms with Gasteiger partial charge in [-0.25, -0.2) is 4.79 Å². The number of carboxylic acid groups (broad SMARTS) is 1. The third-order valence-corrected chi connectivity index (χ3v) is 1.85. The summed E-state index contributed by atoms with van der Waals surface area (Å²) in [6.45, 7) is 2.72.